The van der Waals surface area contributed by atoms with Crippen molar-refractivity contribution in [3.05, 3.63) is 117 Å². The summed E-state index contributed by atoms with van der Waals surface area (Å²) in [6.07, 6.45) is 0. The van der Waals surface area contributed by atoms with E-state index in [0.717, 1.165) is 44.5 Å². The third kappa shape index (κ3) is 4.80. The number of carbonyl (C=O) groups excluding carboxylic acids is 2. The van der Waals surface area contributed by atoms with Gasteiger partial charge in [0.25, 0.3) is 0 Å². The second kappa shape index (κ2) is 10.2. The molecule has 0 atom stereocenters. The predicted octanol–water partition coefficient (Wildman–Crippen LogP) is 7.64. The van der Waals surface area contributed by atoms with Gasteiger partial charge in [-0.15, -0.1) is 0 Å². The molecule has 4 nitrogen and oxygen atoms in total. The van der Waals surface area contributed by atoms with Crippen molar-refractivity contribution in [2.24, 2.45) is 0 Å². The molecule has 0 aliphatic carbocycles. The normalized spacial score (nSPS) is 10.7. The molecular weight excluding hydrogens is 448 g/mol. The molecule has 0 saturated heterocycles. The van der Waals surface area contributed by atoms with Gasteiger partial charge in [-0.25, -0.2) is 9.59 Å². The molecule has 0 aliphatic rings. The summed E-state index contributed by atoms with van der Waals surface area (Å²) in [4.78, 5) is 26.3. The maximum Gasteiger partial charge on any atom is 0.343 e. The van der Waals surface area contributed by atoms with Crippen molar-refractivity contribution >= 4 is 11.9 Å². The van der Waals surface area contributed by atoms with Crippen LogP contribution in [0.25, 0.3) is 11.1 Å². The van der Waals surface area contributed by atoms with Crippen LogP contribution in [0.3, 0.4) is 0 Å². The minimum absolute atomic E-state index is 0.424. The lowest BCUT2D eigenvalue weighted by atomic mass is 9.90. The van der Waals surface area contributed by atoms with Crippen LogP contribution in [0.2, 0.25) is 0 Å². The van der Waals surface area contributed by atoms with Gasteiger partial charge in [-0.3, -0.25) is 0 Å². The van der Waals surface area contributed by atoms with Crippen LogP contribution < -0.4 is 9.47 Å². The molecule has 0 aliphatic heterocycles. The van der Waals surface area contributed by atoms with E-state index in [1.54, 1.807) is 12.1 Å². The highest BCUT2D eigenvalue weighted by atomic mass is 16.5. The van der Waals surface area contributed by atoms with Gasteiger partial charge in [0.15, 0.2) is 0 Å². The Hall–Kier alpha value is -4.18. The third-order valence-corrected chi connectivity index (χ3v) is 6.78. The Morgan fingerprint density at radius 3 is 1.19 bits per heavy atom. The summed E-state index contributed by atoms with van der Waals surface area (Å²) in [5, 5.41) is 0. The SMILES string of the molecule is Cc1ccccc1C(=O)Oc1ccc(C)c(C)c1-c1c(OC(=O)c2ccccc2C)ccc(C)c1C. The summed E-state index contributed by atoms with van der Waals surface area (Å²) in [5.41, 5.74) is 8.16. The number of aryl methyl sites for hydroxylation is 4. The largest absolute Gasteiger partial charge is 0.422 e. The van der Waals surface area contributed by atoms with Crippen LogP contribution in [0, 0.1) is 41.5 Å². The van der Waals surface area contributed by atoms with Crippen molar-refractivity contribution in [3.63, 3.8) is 0 Å². The van der Waals surface area contributed by atoms with E-state index in [4.69, 9.17) is 9.47 Å². The van der Waals surface area contributed by atoms with Crippen molar-refractivity contribution in [1.29, 1.82) is 0 Å². The number of ether oxygens (including phenoxy) is 2. The van der Waals surface area contributed by atoms with Gasteiger partial charge in [-0.2, -0.15) is 0 Å². The number of benzene rings is 4. The first-order chi connectivity index (χ1) is 17.2. The number of rotatable bonds is 5. The second-order valence-corrected chi connectivity index (χ2v) is 9.17. The topological polar surface area (TPSA) is 52.6 Å². The molecule has 0 spiro atoms. The van der Waals surface area contributed by atoms with E-state index >= 15 is 0 Å². The van der Waals surface area contributed by atoms with Crippen LogP contribution in [-0.2, 0) is 0 Å². The van der Waals surface area contributed by atoms with E-state index in [-0.39, 0.29) is 0 Å². The Morgan fingerprint density at radius 1 is 0.472 bits per heavy atom. The van der Waals surface area contributed by atoms with Crippen LogP contribution in [0.1, 0.15) is 54.1 Å². The lowest BCUT2D eigenvalue weighted by molar-refractivity contribution is 0.0722. The molecule has 0 saturated carbocycles. The van der Waals surface area contributed by atoms with Crippen LogP contribution in [0.15, 0.2) is 72.8 Å². The van der Waals surface area contributed by atoms with E-state index in [2.05, 4.69) is 0 Å². The molecule has 4 heteroatoms. The van der Waals surface area contributed by atoms with Crippen LogP contribution >= 0.6 is 0 Å². The van der Waals surface area contributed by atoms with E-state index in [9.17, 15) is 9.59 Å². The van der Waals surface area contributed by atoms with Gasteiger partial charge in [0.05, 0.1) is 11.1 Å². The lowest BCUT2D eigenvalue weighted by Crippen LogP contribution is -2.13. The zero-order valence-electron chi connectivity index (χ0n) is 21.6. The molecule has 0 aromatic heterocycles. The summed E-state index contributed by atoms with van der Waals surface area (Å²) in [5.74, 6) is -0.00999. The standard InChI is InChI=1S/C32H30O4/c1-19-15-17-27(35-31(33)25-13-9-7-11-21(25)3)29(23(19)5)30-24(6)20(2)16-18-28(30)36-32(34)26-14-10-8-12-22(26)4/h7-18H,1-6H3. The lowest BCUT2D eigenvalue weighted by Gasteiger charge is -2.21. The number of hydrogen-bond acceptors (Lipinski definition) is 4. The quantitative estimate of drug-likeness (QED) is 0.218. The van der Waals surface area contributed by atoms with Crippen molar-refractivity contribution in [2.45, 2.75) is 41.5 Å². The van der Waals surface area contributed by atoms with Gasteiger partial charge in [-0.1, -0.05) is 48.5 Å². The van der Waals surface area contributed by atoms with Gasteiger partial charge in [-0.05, 0) is 99.2 Å². The molecule has 182 valence electrons. The van der Waals surface area contributed by atoms with Gasteiger partial charge >= 0.3 is 11.9 Å². The van der Waals surface area contributed by atoms with Crippen LogP contribution in [-0.4, -0.2) is 11.9 Å². The smallest absolute Gasteiger partial charge is 0.343 e. The molecule has 0 heterocycles. The van der Waals surface area contributed by atoms with E-state index < -0.39 is 11.9 Å². The molecule has 0 bridgehead atoms. The summed E-state index contributed by atoms with van der Waals surface area (Å²) >= 11 is 0. The maximum atomic E-state index is 13.1. The molecular formula is C32H30O4. The first kappa shape index (κ1) is 24.9. The highest BCUT2D eigenvalue weighted by molar-refractivity contribution is 5.96. The second-order valence-electron chi connectivity index (χ2n) is 9.17. The Morgan fingerprint density at radius 2 is 0.833 bits per heavy atom. The van der Waals surface area contributed by atoms with Gasteiger partial charge in [0.2, 0.25) is 0 Å². The van der Waals surface area contributed by atoms with Gasteiger partial charge in [0, 0.05) is 11.1 Å². The Balaban J connectivity index is 1.85. The van der Waals surface area contributed by atoms with Crippen molar-refractivity contribution < 1.29 is 19.1 Å². The minimum Gasteiger partial charge on any atom is -0.422 e. The van der Waals surface area contributed by atoms with Crippen LogP contribution in [0.5, 0.6) is 11.5 Å². The summed E-state index contributed by atoms with van der Waals surface area (Å²) < 4.78 is 12.0. The third-order valence-electron chi connectivity index (χ3n) is 6.78. The molecule has 36 heavy (non-hydrogen) atoms. The maximum absolute atomic E-state index is 13.1. The summed E-state index contributed by atoms with van der Waals surface area (Å²) in [6, 6.07) is 22.2. The number of hydrogen-bond donors (Lipinski definition) is 0. The number of carbonyl (C=O) groups is 2. The van der Waals surface area contributed by atoms with Crippen LogP contribution in [0.4, 0.5) is 0 Å². The average Bonchev–Trinajstić information content (AvgIpc) is 2.85. The Bertz CT molecular complexity index is 1370. The van der Waals surface area contributed by atoms with Gasteiger partial charge < -0.3 is 9.47 Å². The first-order valence-electron chi connectivity index (χ1n) is 12.0. The summed E-state index contributed by atoms with van der Waals surface area (Å²) in [7, 11) is 0. The monoisotopic (exact) mass is 478 g/mol. The average molecular weight is 479 g/mol. The fourth-order valence-corrected chi connectivity index (χ4v) is 4.29. The molecule has 4 rings (SSSR count). The number of esters is 2. The molecule has 0 fully saturated rings. The van der Waals surface area contributed by atoms with Crippen molar-refractivity contribution in [2.75, 3.05) is 0 Å². The molecule has 4 aromatic rings. The highest BCUT2D eigenvalue weighted by Crippen LogP contribution is 2.43. The molecule has 0 amide bonds. The fourth-order valence-electron chi connectivity index (χ4n) is 4.29. The van der Waals surface area contributed by atoms with E-state index in [1.165, 1.54) is 0 Å². The molecule has 0 radical (unpaired) electrons. The first-order valence-corrected chi connectivity index (χ1v) is 12.0. The molecule has 4 aromatic carbocycles. The minimum atomic E-state index is -0.429. The van der Waals surface area contributed by atoms with Crippen molar-refractivity contribution in [3.8, 4) is 22.6 Å². The molecule has 0 N–H and O–H groups in total. The highest BCUT2D eigenvalue weighted by Gasteiger charge is 2.23. The zero-order valence-corrected chi connectivity index (χ0v) is 21.6. The van der Waals surface area contributed by atoms with Gasteiger partial charge in [0.1, 0.15) is 11.5 Å². The Kier molecular flexibility index (Phi) is 7.07. The fraction of sp³-hybridized carbons (Fsp3) is 0.188. The molecule has 0 unspecified atom stereocenters. The Labute approximate surface area is 212 Å². The van der Waals surface area contributed by atoms with E-state index in [1.807, 2.05) is 102 Å². The van der Waals surface area contributed by atoms with E-state index in [0.29, 0.717) is 22.6 Å². The van der Waals surface area contributed by atoms with Crippen molar-refractivity contribution in [1.82, 2.24) is 0 Å². The zero-order chi connectivity index (χ0) is 26.0. The predicted molar refractivity (Wildman–Crippen MR) is 143 cm³/mol. The summed E-state index contributed by atoms with van der Waals surface area (Å²) in [6.45, 7) is 11.8.